The maximum Gasteiger partial charge on any atom is 0.333 e. The number of benzene rings is 2. The molecule has 2 aromatic heterocycles. The van der Waals surface area contributed by atoms with Gasteiger partial charge >= 0.3 is 5.69 Å². The lowest BCUT2D eigenvalue weighted by atomic mass is 10.1. The average molecular weight is 515 g/mol. The van der Waals surface area contributed by atoms with Crippen LogP contribution >= 0.6 is 0 Å². The molecule has 1 fully saturated rings. The Balaban J connectivity index is 1.79. The quantitative estimate of drug-likeness (QED) is 0.335. The van der Waals surface area contributed by atoms with E-state index < -0.39 is 11.2 Å². The van der Waals surface area contributed by atoms with Gasteiger partial charge in [-0.25, -0.2) is 4.79 Å². The van der Waals surface area contributed by atoms with Crippen molar-refractivity contribution in [2.75, 3.05) is 18.0 Å². The number of rotatable bonds is 6. The Morgan fingerprint density at radius 3 is 2.21 bits per heavy atom. The minimum absolute atomic E-state index is 0.00151. The Bertz CT molecular complexity index is 1670. The fourth-order valence-corrected chi connectivity index (χ4v) is 4.93. The van der Waals surface area contributed by atoms with Gasteiger partial charge in [0.15, 0.2) is 11.2 Å². The summed E-state index contributed by atoms with van der Waals surface area (Å²) in [5.74, 6) is 6.46. The molecular weight excluding hydrogens is 484 g/mol. The Kier molecular flexibility index (Phi) is 6.94. The number of hydrogen-bond acceptors (Lipinski definition) is 7. The molecular formula is C28H30N6O4. The van der Waals surface area contributed by atoms with Gasteiger partial charge in [-0.2, -0.15) is 4.98 Å². The van der Waals surface area contributed by atoms with Crippen LogP contribution in [-0.4, -0.2) is 48.0 Å². The van der Waals surface area contributed by atoms with Gasteiger partial charge in [-0.3, -0.25) is 18.5 Å². The van der Waals surface area contributed by atoms with Crippen molar-refractivity contribution in [3.8, 4) is 23.3 Å². The lowest BCUT2D eigenvalue weighted by Gasteiger charge is -2.31. The van der Waals surface area contributed by atoms with E-state index in [1.807, 2.05) is 4.90 Å². The predicted molar refractivity (Wildman–Crippen MR) is 146 cm³/mol. The molecule has 0 bridgehead atoms. The van der Waals surface area contributed by atoms with E-state index in [0.717, 1.165) is 17.4 Å². The molecule has 0 spiro atoms. The highest BCUT2D eigenvalue weighted by Gasteiger charge is 2.27. The largest absolute Gasteiger partial charge is 0.508 e. The molecule has 10 nitrogen and oxygen atoms in total. The van der Waals surface area contributed by atoms with Gasteiger partial charge in [-0.15, -0.1) is 5.92 Å². The number of aromatic hydroxyl groups is 2. The van der Waals surface area contributed by atoms with Gasteiger partial charge in [0.25, 0.3) is 5.56 Å². The van der Waals surface area contributed by atoms with E-state index in [9.17, 15) is 19.8 Å². The van der Waals surface area contributed by atoms with Crippen molar-refractivity contribution in [3.63, 3.8) is 0 Å². The molecule has 1 aliphatic heterocycles. The summed E-state index contributed by atoms with van der Waals surface area (Å²) in [5, 5.41) is 20.8. The van der Waals surface area contributed by atoms with Crippen LogP contribution < -0.4 is 21.9 Å². The van der Waals surface area contributed by atoms with Crippen LogP contribution in [0.3, 0.4) is 0 Å². The van der Waals surface area contributed by atoms with Crippen LogP contribution in [-0.2, 0) is 19.6 Å². The second-order valence-electron chi connectivity index (χ2n) is 9.46. The molecule has 196 valence electrons. The highest BCUT2D eigenvalue weighted by Crippen LogP contribution is 2.25. The van der Waals surface area contributed by atoms with E-state index in [-0.39, 0.29) is 48.3 Å². The fourth-order valence-electron chi connectivity index (χ4n) is 4.93. The maximum atomic E-state index is 13.9. The first-order chi connectivity index (χ1) is 18.4. The van der Waals surface area contributed by atoms with Gasteiger partial charge in [0.1, 0.15) is 11.5 Å². The van der Waals surface area contributed by atoms with E-state index in [2.05, 4.69) is 11.8 Å². The molecule has 4 N–H and O–H groups in total. The zero-order chi connectivity index (χ0) is 26.8. The molecule has 0 aliphatic carbocycles. The van der Waals surface area contributed by atoms with Gasteiger partial charge in [-0.05, 0) is 31.9 Å². The van der Waals surface area contributed by atoms with Crippen LogP contribution in [0.25, 0.3) is 11.2 Å². The molecule has 0 radical (unpaired) electrons. The van der Waals surface area contributed by atoms with Crippen LogP contribution in [0.2, 0.25) is 0 Å². The number of phenols is 2. The monoisotopic (exact) mass is 514 g/mol. The van der Waals surface area contributed by atoms with Gasteiger partial charge in [-0.1, -0.05) is 42.3 Å². The van der Waals surface area contributed by atoms with Crippen LogP contribution in [0.5, 0.6) is 11.5 Å². The van der Waals surface area contributed by atoms with Crippen LogP contribution in [0.1, 0.15) is 30.9 Å². The Hall–Kier alpha value is -4.49. The van der Waals surface area contributed by atoms with Crippen molar-refractivity contribution >= 4 is 17.1 Å². The molecule has 1 aliphatic rings. The molecule has 10 heteroatoms. The highest BCUT2D eigenvalue weighted by molar-refractivity contribution is 5.75. The van der Waals surface area contributed by atoms with Crippen LogP contribution in [0.15, 0.2) is 58.1 Å². The summed E-state index contributed by atoms with van der Waals surface area (Å²) in [6.45, 7) is 3.08. The van der Waals surface area contributed by atoms with Crippen LogP contribution in [0.4, 0.5) is 5.95 Å². The topological polar surface area (TPSA) is 132 Å². The van der Waals surface area contributed by atoms with Crippen molar-refractivity contribution in [3.05, 3.63) is 80.5 Å². The first kappa shape index (κ1) is 25.2. The van der Waals surface area contributed by atoms with Crippen LogP contribution in [0, 0.1) is 11.8 Å². The standard InChI is InChI=1S/C28H30N6O4/c1-2-3-15-32-24-25(30-27(32)31-14-8-11-21(29)18-31)33(16-19-9-4-6-12-22(19)35)28(38)34(26(24)37)17-20-10-5-7-13-23(20)36/h4-7,9-10,12-13,21,35-36H,8,11,14-18,29H2,1H3/t21-/m1/s1. The average Bonchev–Trinajstić information content (AvgIpc) is 3.29. The Morgan fingerprint density at radius 1 is 0.974 bits per heavy atom. The Labute approximate surface area is 219 Å². The van der Waals surface area contributed by atoms with E-state index in [4.69, 9.17) is 10.7 Å². The van der Waals surface area contributed by atoms with Gasteiger partial charge < -0.3 is 20.8 Å². The molecule has 0 unspecified atom stereocenters. The number of fused-ring (bicyclic) bond motifs is 1. The summed E-state index contributed by atoms with van der Waals surface area (Å²) in [5.41, 5.74) is 6.51. The molecule has 1 saturated heterocycles. The van der Waals surface area contributed by atoms with E-state index in [1.165, 1.54) is 10.6 Å². The van der Waals surface area contributed by atoms with Gasteiger partial charge in [0.05, 0.1) is 19.6 Å². The van der Waals surface area contributed by atoms with E-state index in [1.54, 1.807) is 54.0 Å². The molecule has 5 rings (SSSR count). The smallest absolute Gasteiger partial charge is 0.333 e. The molecule has 2 aromatic carbocycles. The van der Waals surface area contributed by atoms with E-state index >= 15 is 0 Å². The van der Waals surface area contributed by atoms with Crippen molar-refractivity contribution in [1.29, 1.82) is 0 Å². The zero-order valence-corrected chi connectivity index (χ0v) is 21.2. The summed E-state index contributed by atoms with van der Waals surface area (Å²) in [7, 11) is 0. The van der Waals surface area contributed by atoms with Gasteiger partial charge in [0, 0.05) is 30.3 Å². The molecule has 4 aromatic rings. The first-order valence-corrected chi connectivity index (χ1v) is 12.6. The number of anilines is 1. The number of aromatic nitrogens is 4. The number of imidazole rings is 1. The number of phenolic OH excluding ortho intramolecular Hbond substituents is 2. The summed E-state index contributed by atoms with van der Waals surface area (Å²) in [4.78, 5) is 34.7. The normalized spacial score (nSPS) is 15.4. The maximum absolute atomic E-state index is 13.9. The van der Waals surface area contributed by atoms with Crippen molar-refractivity contribution in [2.45, 2.75) is 45.4 Å². The second kappa shape index (κ2) is 10.5. The second-order valence-corrected chi connectivity index (χ2v) is 9.46. The third kappa shape index (κ3) is 4.64. The number of piperidine rings is 1. The SMILES string of the molecule is CC#CCn1c(N2CCC[C@@H](N)C2)nc2c1c(=O)n(Cc1ccccc1O)c(=O)n2Cc1ccccc1O. The number of nitrogens with zero attached hydrogens (tertiary/aromatic N) is 5. The summed E-state index contributed by atoms with van der Waals surface area (Å²) in [6, 6.07) is 13.3. The van der Waals surface area contributed by atoms with Crippen molar-refractivity contribution < 1.29 is 10.2 Å². The summed E-state index contributed by atoms with van der Waals surface area (Å²) < 4.78 is 4.24. The molecule has 1 atom stereocenters. The minimum Gasteiger partial charge on any atom is -0.508 e. The molecule has 38 heavy (non-hydrogen) atoms. The third-order valence-corrected chi connectivity index (χ3v) is 6.89. The highest BCUT2D eigenvalue weighted by atomic mass is 16.3. The molecule has 0 amide bonds. The molecule has 3 heterocycles. The number of para-hydroxylation sites is 2. The molecule has 0 saturated carbocycles. The van der Waals surface area contributed by atoms with Gasteiger partial charge in [0.2, 0.25) is 5.95 Å². The summed E-state index contributed by atoms with van der Waals surface area (Å²) >= 11 is 0. The minimum atomic E-state index is -0.595. The van der Waals surface area contributed by atoms with Crippen molar-refractivity contribution in [1.82, 2.24) is 18.7 Å². The Morgan fingerprint density at radius 2 is 1.61 bits per heavy atom. The third-order valence-electron chi connectivity index (χ3n) is 6.89. The summed E-state index contributed by atoms with van der Waals surface area (Å²) in [6.07, 6.45) is 1.78. The number of nitrogens with two attached hydrogens (primary N) is 1. The van der Waals surface area contributed by atoms with Crippen molar-refractivity contribution in [2.24, 2.45) is 5.73 Å². The fraction of sp³-hybridized carbons (Fsp3) is 0.321. The lowest BCUT2D eigenvalue weighted by Crippen LogP contribution is -2.44. The predicted octanol–water partition coefficient (Wildman–Crippen LogP) is 1.82. The zero-order valence-electron chi connectivity index (χ0n) is 21.2. The van der Waals surface area contributed by atoms with E-state index in [0.29, 0.717) is 30.2 Å². The lowest BCUT2D eigenvalue weighted by molar-refractivity contribution is 0.461. The first-order valence-electron chi connectivity index (χ1n) is 12.6. The number of hydrogen-bond donors (Lipinski definition) is 3.